The maximum atomic E-state index is 11.9. The average molecular weight is 288 g/mol. The normalized spacial score (nSPS) is 13.0. The van der Waals surface area contributed by atoms with Crippen LogP contribution in [-0.2, 0) is 15.6 Å². The molecule has 1 aromatic carbocycles. The molecule has 106 valence electrons. The molecule has 1 atom stereocenters. The number of nitro benzene ring substituents is 1. The van der Waals surface area contributed by atoms with Gasteiger partial charge in [-0.05, 0) is 18.6 Å². The van der Waals surface area contributed by atoms with Gasteiger partial charge in [0.05, 0.1) is 23.0 Å². The number of nitrogens with zero attached hydrogens (tertiary/aromatic N) is 1. The lowest BCUT2D eigenvalue weighted by Gasteiger charge is -2.11. The van der Waals surface area contributed by atoms with E-state index in [9.17, 15) is 18.5 Å². The fraction of sp³-hybridized carbons (Fsp3) is 0.455. The van der Waals surface area contributed by atoms with Crippen LogP contribution in [0.5, 0.6) is 5.75 Å². The highest BCUT2D eigenvalue weighted by Gasteiger charge is 2.22. The van der Waals surface area contributed by atoms with Gasteiger partial charge in [-0.2, -0.15) is 0 Å². The lowest BCUT2D eigenvalue weighted by molar-refractivity contribution is -0.385. The van der Waals surface area contributed by atoms with Crippen LogP contribution in [0.2, 0.25) is 0 Å². The zero-order valence-corrected chi connectivity index (χ0v) is 11.5. The van der Waals surface area contributed by atoms with Crippen LogP contribution in [-0.4, -0.2) is 32.2 Å². The van der Waals surface area contributed by atoms with Gasteiger partial charge in [-0.25, -0.2) is 8.42 Å². The van der Waals surface area contributed by atoms with Gasteiger partial charge < -0.3 is 10.5 Å². The van der Waals surface area contributed by atoms with Gasteiger partial charge in [0, 0.05) is 12.6 Å². The number of hydrogen-bond acceptors (Lipinski definition) is 6. The molecule has 0 spiro atoms. The van der Waals surface area contributed by atoms with Gasteiger partial charge in [0.15, 0.2) is 15.6 Å². The Morgan fingerprint density at radius 1 is 1.47 bits per heavy atom. The highest BCUT2D eigenvalue weighted by molar-refractivity contribution is 7.91. The topological polar surface area (TPSA) is 113 Å². The molecule has 0 heterocycles. The molecule has 0 aliphatic rings. The summed E-state index contributed by atoms with van der Waals surface area (Å²) in [6.45, 7) is 1.52. The lowest BCUT2D eigenvalue weighted by atomic mass is 10.2. The number of hydrogen-bond donors (Lipinski definition) is 1. The summed E-state index contributed by atoms with van der Waals surface area (Å²) < 4.78 is 28.6. The lowest BCUT2D eigenvalue weighted by Crippen LogP contribution is -2.27. The predicted octanol–water partition coefficient (Wildman–Crippen LogP) is 0.865. The zero-order chi connectivity index (χ0) is 14.6. The van der Waals surface area contributed by atoms with Crippen LogP contribution in [0.25, 0.3) is 0 Å². The van der Waals surface area contributed by atoms with Crippen molar-refractivity contribution in [3.63, 3.8) is 0 Å². The first kappa shape index (κ1) is 15.4. The summed E-state index contributed by atoms with van der Waals surface area (Å²) in [5, 5.41) is 10.2. The van der Waals surface area contributed by atoms with Crippen LogP contribution < -0.4 is 10.5 Å². The van der Waals surface area contributed by atoms with Crippen molar-refractivity contribution < 1.29 is 18.1 Å². The van der Waals surface area contributed by atoms with Crippen molar-refractivity contribution in [2.45, 2.75) is 17.9 Å². The van der Waals surface area contributed by atoms with Gasteiger partial charge in [-0.1, -0.05) is 6.07 Å². The summed E-state index contributed by atoms with van der Waals surface area (Å²) in [4.78, 5) is 10.2. The Bertz CT molecular complexity index is 570. The number of ether oxygens (including phenoxy) is 1. The first-order valence-electron chi connectivity index (χ1n) is 5.54. The third-order valence-electron chi connectivity index (χ3n) is 2.75. The van der Waals surface area contributed by atoms with E-state index in [-0.39, 0.29) is 23.7 Å². The maximum absolute atomic E-state index is 11.9. The van der Waals surface area contributed by atoms with Crippen LogP contribution in [0.15, 0.2) is 18.2 Å². The van der Waals surface area contributed by atoms with E-state index in [4.69, 9.17) is 10.5 Å². The third kappa shape index (κ3) is 3.65. The standard InChI is InChI=1S/C11H16N2O5S/c1-8(6-12)19(16,17)7-9-3-4-11(18-2)10(5-9)13(14)15/h3-5,8H,6-7,12H2,1-2H3. The monoisotopic (exact) mass is 288 g/mol. The Labute approximate surface area is 111 Å². The smallest absolute Gasteiger partial charge is 0.311 e. The predicted molar refractivity (Wildman–Crippen MR) is 70.8 cm³/mol. The molecule has 1 rings (SSSR count). The second kappa shape index (κ2) is 5.98. The van der Waals surface area contributed by atoms with Crippen molar-refractivity contribution in [3.8, 4) is 5.75 Å². The summed E-state index contributed by atoms with van der Waals surface area (Å²) in [6, 6.07) is 4.09. The summed E-state index contributed by atoms with van der Waals surface area (Å²) >= 11 is 0. The molecule has 8 heteroatoms. The van der Waals surface area contributed by atoms with E-state index < -0.39 is 20.0 Å². The quantitative estimate of drug-likeness (QED) is 0.613. The number of sulfone groups is 1. The first-order valence-corrected chi connectivity index (χ1v) is 7.26. The van der Waals surface area contributed by atoms with Crippen molar-refractivity contribution in [1.82, 2.24) is 0 Å². The van der Waals surface area contributed by atoms with Crippen LogP contribution in [0.4, 0.5) is 5.69 Å². The van der Waals surface area contributed by atoms with Gasteiger partial charge in [-0.3, -0.25) is 10.1 Å². The number of methoxy groups -OCH3 is 1. The molecule has 2 N–H and O–H groups in total. The molecule has 0 amide bonds. The van der Waals surface area contributed by atoms with E-state index in [1.807, 2.05) is 0 Å². The van der Waals surface area contributed by atoms with Crippen LogP contribution >= 0.6 is 0 Å². The molecule has 1 unspecified atom stereocenters. The number of nitro groups is 1. The highest BCUT2D eigenvalue weighted by atomic mass is 32.2. The second-order valence-corrected chi connectivity index (χ2v) is 6.54. The van der Waals surface area contributed by atoms with Gasteiger partial charge in [-0.15, -0.1) is 0 Å². The zero-order valence-electron chi connectivity index (χ0n) is 10.7. The van der Waals surface area contributed by atoms with Crippen LogP contribution in [0, 0.1) is 10.1 Å². The van der Waals surface area contributed by atoms with Gasteiger partial charge in [0.1, 0.15) is 0 Å². The summed E-state index contributed by atoms with van der Waals surface area (Å²) in [6.07, 6.45) is 0. The second-order valence-electron chi connectivity index (χ2n) is 4.12. The van der Waals surface area contributed by atoms with Gasteiger partial charge in [0.2, 0.25) is 0 Å². The van der Waals surface area contributed by atoms with E-state index in [1.165, 1.54) is 32.2 Å². The van der Waals surface area contributed by atoms with E-state index >= 15 is 0 Å². The van der Waals surface area contributed by atoms with Crippen molar-refractivity contribution >= 4 is 15.5 Å². The molecule has 0 bridgehead atoms. The minimum absolute atomic E-state index is 0.0145. The molecule has 19 heavy (non-hydrogen) atoms. The van der Waals surface area contributed by atoms with Crippen molar-refractivity contribution in [1.29, 1.82) is 0 Å². The Hall–Kier alpha value is -1.67. The molecule has 0 radical (unpaired) electrons. The molecular weight excluding hydrogens is 272 g/mol. The molecule has 1 aromatic rings. The number of nitrogens with two attached hydrogens (primary N) is 1. The average Bonchev–Trinajstić information content (AvgIpc) is 2.37. The fourth-order valence-corrected chi connectivity index (χ4v) is 2.71. The SMILES string of the molecule is COc1ccc(CS(=O)(=O)C(C)CN)cc1[N+](=O)[O-]. The number of benzene rings is 1. The first-order chi connectivity index (χ1) is 8.81. The van der Waals surface area contributed by atoms with E-state index in [1.54, 1.807) is 0 Å². The Kier molecular flexibility index (Phi) is 4.84. The minimum Gasteiger partial charge on any atom is -0.490 e. The summed E-state index contributed by atoms with van der Waals surface area (Å²) in [5.74, 6) is -0.186. The maximum Gasteiger partial charge on any atom is 0.311 e. The molecule has 0 aliphatic carbocycles. The Morgan fingerprint density at radius 2 is 2.11 bits per heavy atom. The molecular formula is C11H16N2O5S. The van der Waals surface area contributed by atoms with Gasteiger partial charge >= 0.3 is 5.69 Å². The molecule has 0 fully saturated rings. The van der Waals surface area contributed by atoms with E-state index in [0.29, 0.717) is 5.56 Å². The molecule has 0 aliphatic heterocycles. The van der Waals surface area contributed by atoms with Crippen molar-refractivity contribution in [3.05, 3.63) is 33.9 Å². The fourth-order valence-electron chi connectivity index (χ4n) is 1.49. The van der Waals surface area contributed by atoms with Gasteiger partial charge in [0.25, 0.3) is 0 Å². The van der Waals surface area contributed by atoms with Crippen LogP contribution in [0.3, 0.4) is 0 Å². The molecule has 0 saturated heterocycles. The molecule has 7 nitrogen and oxygen atoms in total. The van der Waals surface area contributed by atoms with E-state index in [2.05, 4.69) is 0 Å². The molecule has 0 saturated carbocycles. The largest absolute Gasteiger partial charge is 0.490 e. The summed E-state index contributed by atoms with van der Waals surface area (Å²) in [7, 11) is -2.10. The number of rotatable bonds is 6. The van der Waals surface area contributed by atoms with E-state index in [0.717, 1.165) is 0 Å². The Balaban J connectivity index is 3.11. The highest BCUT2D eigenvalue weighted by Crippen LogP contribution is 2.28. The third-order valence-corrected chi connectivity index (χ3v) is 4.91. The minimum atomic E-state index is -3.41. The van der Waals surface area contributed by atoms with Crippen molar-refractivity contribution in [2.75, 3.05) is 13.7 Å². The van der Waals surface area contributed by atoms with Crippen LogP contribution in [0.1, 0.15) is 12.5 Å². The van der Waals surface area contributed by atoms with Crippen molar-refractivity contribution in [2.24, 2.45) is 5.73 Å². The Morgan fingerprint density at radius 3 is 2.58 bits per heavy atom. The summed E-state index contributed by atoms with van der Waals surface area (Å²) in [5.41, 5.74) is 5.41. The molecule has 0 aromatic heterocycles.